The molecule has 0 fully saturated rings. The Kier molecular flexibility index (Phi) is 7.89. The van der Waals surface area contributed by atoms with Gasteiger partial charge in [0.1, 0.15) is 5.82 Å². The number of thiazole rings is 1. The van der Waals surface area contributed by atoms with Crippen LogP contribution in [0.1, 0.15) is 5.56 Å². The number of aryl methyl sites for hydroxylation is 1. The van der Waals surface area contributed by atoms with Crippen LogP contribution in [0, 0.1) is 12.7 Å². The van der Waals surface area contributed by atoms with Crippen LogP contribution in [-0.4, -0.2) is 21.8 Å². The topological polar surface area (TPSA) is 66.0 Å². The Morgan fingerprint density at radius 3 is 2.50 bits per heavy atom. The minimum atomic E-state index is -0.298. The number of thiocarbonyl (C=S) groups is 1. The average molecular weight is 509 g/mol. The maximum atomic E-state index is 13.1. The summed E-state index contributed by atoms with van der Waals surface area (Å²) in [5.74, 6) is -0.214. The zero-order valence-corrected chi connectivity index (χ0v) is 20.6. The molecule has 9 heteroatoms. The van der Waals surface area contributed by atoms with Gasteiger partial charge in [-0.3, -0.25) is 4.79 Å². The highest BCUT2D eigenvalue weighted by Crippen LogP contribution is 2.26. The Hall–Kier alpha value is -3.27. The van der Waals surface area contributed by atoms with Crippen molar-refractivity contribution in [1.29, 1.82) is 0 Å². The number of rotatable bonds is 7. The number of hydrogen-bond acceptors (Lipinski definition) is 5. The Morgan fingerprint density at radius 1 is 1.00 bits per heavy atom. The molecule has 0 unspecified atom stereocenters. The van der Waals surface area contributed by atoms with E-state index in [9.17, 15) is 9.18 Å². The highest BCUT2D eigenvalue weighted by molar-refractivity contribution is 8.00. The maximum Gasteiger partial charge on any atom is 0.236 e. The summed E-state index contributed by atoms with van der Waals surface area (Å²) in [5, 5.41) is 12.0. The summed E-state index contributed by atoms with van der Waals surface area (Å²) in [5.41, 5.74) is 4.42. The number of halogens is 1. The molecule has 4 rings (SSSR count). The molecular formula is C25H21FN4OS3. The van der Waals surface area contributed by atoms with E-state index in [1.165, 1.54) is 40.8 Å². The number of nitrogens with one attached hydrogen (secondary N) is 3. The molecule has 1 aromatic heterocycles. The summed E-state index contributed by atoms with van der Waals surface area (Å²) >= 11 is 8.15. The Labute approximate surface area is 210 Å². The molecule has 0 aliphatic carbocycles. The predicted octanol–water partition coefficient (Wildman–Crippen LogP) is 6.80. The van der Waals surface area contributed by atoms with Crippen molar-refractivity contribution in [2.75, 3.05) is 21.7 Å². The fourth-order valence-electron chi connectivity index (χ4n) is 2.98. The second-order valence-electron chi connectivity index (χ2n) is 7.35. The lowest BCUT2D eigenvalue weighted by Gasteiger charge is -2.11. The van der Waals surface area contributed by atoms with Gasteiger partial charge in [-0.1, -0.05) is 23.8 Å². The number of hydrogen-bond donors (Lipinski definition) is 3. The molecule has 0 radical (unpaired) electrons. The van der Waals surface area contributed by atoms with Crippen LogP contribution in [0.4, 0.5) is 20.9 Å². The second-order valence-corrected chi connectivity index (χ2v) is 9.67. The lowest BCUT2D eigenvalue weighted by molar-refractivity contribution is -0.113. The van der Waals surface area contributed by atoms with Crippen molar-refractivity contribution in [3.63, 3.8) is 0 Å². The lowest BCUT2D eigenvalue weighted by atomic mass is 10.2. The van der Waals surface area contributed by atoms with E-state index in [0.29, 0.717) is 15.9 Å². The molecule has 0 aliphatic heterocycles. The normalized spacial score (nSPS) is 10.5. The van der Waals surface area contributed by atoms with E-state index in [1.807, 2.05) is 60.8 Å². The van der Waals surface area contributed by atoms with Gasteiger partial charge in [-0.05, 0) is 73.7 Å². The van der Waals surface area contributed by atoms with Gasteiger partial charge in [-0.25, -0.2) is 9.37 Å². The third-order valence-corrected chi connectivity index (χ3v) is 6.62. The van der Waals surface area contributed by atoms with Crippen LogP contribution >= 0.6 is 35.3 Å². The SMILES string of the molecule is Cc1ccc(NC(=S)Nc2cccc(SCC(=O)Nc3nc(-c4ccc(F)cc4)cs3)c2)cc1. The molecule has 3 N–H and O–H groups in total. The fourth-order valence-corrected chi connectivity index (χ4v) is 4.71. The van der Waals surface area contributed by atoms with Gasteiger partial charge in [-0.15, -0.1) is 23.1 Å². The van der Waals surface area contributed by atoms with Crippen molar-refractivity contribution in [2.45, 2.75) is 11.8 Å². The molecule has 0 atom stereocenters. The first-order valence-electron chi connectivity index (χ1n) is 10.3. The summed E-state index contributed by atoms with van der Waals surface area (Å²) in [6.07, 6.45) is 0. The zero-order chi connectivity index (χ0) is 23.9. The van der Waals surface area contributed by atoms with E-state index in [-0.39, 0.29) is 17.5 Å². The predicted molar refractivity (Wildman–Crippen MR) is 144 cm³/mol. The van der Waals surface area contributed by atoms with Crippen LogP contribution in [0.2, 0.25) is 0 Å². The summed E-state index contributed by atoms with van der Waals surface area (Å²) in [6.45, 7) is 2.03. The van der Waals surface area contributed by atoms with Crippen LogP contribution in [0.3, 0.4) is 0 Å². The number of carbonyl (C=O) groups is 1. The number of benzene rings is 3. The Balaban J connectivity index is 1.28. The largest absolute Gasteiger partial charge is 0.332 e. The molecule has 1 heterocycles. The summed E-state index contributed by atoms with van der Waals surface area (Å²) in [6, 6.07) is 21.8. The van der Waals surface area contributed by atoms with Crippen molar-refractivity contribution in [3.05, 3.63) is 89.6 Å². The van der Waals surface area contributed by atoms with Gasteiger partial charge in [0.05, 0.1) is 11.4 Å². The van der Waals surface area contributed by atoms with Gasteiger partial charge >= 0.3 is 0 Å². The van der Waals surface area contributed by atoms with Crippen LogP contribution in [-0.2, 0) is 4.79 Å². The van der Waals surface area contributed by atoms with Gasteiger partial charge < -0.3 is 16.0 Å². The van der Waals surface area contributed by atoms with Crippen LogP contribution in [0.5, 0.6) is 0 Å². The number of aromatic nitrogens is 1. The van der Waals surface area contributed by atoms with Crippen molar-refractivity contribution in [1.82, 2.24) is 4.98 Å². The third kappa shape index (κ3) is 6.86. The zero-order valence-electron chi connectivity index (χ0n) is 18.2. The molecule has 172 valence electrons. The van der Waals surface area contributed by atoms with Crippen molar-refractivity contribution < 1.29 is 9.18 Å². The second kappa shape index (κ2) is 11.2. The first-order valence-corrected chi connectivity index (χ1v) is 12.6. The summed E-state index contributed by atoms with van der Waals surface area (Å²) in [4.78, 5) is 17.8. The maximum absolute atomic E-state index is 13.1. The van der Waals surface area contributed by atoms with Crippen molar-refractivity contribution in [3.8, 4) is 11.3 Å². The summed E-state index contributed by atoms with van der Waals surface area (Å²) < 4.78 is 13.1. The van der Waals surface area contributed by atoms with E-state index in [4.69, 9.17) is 12.2 Å². The van der Waals surface area contributed by atoms with Crippen LogP contribution in [0.15, 0.2) is 83.1 Å². The molecule has 0 saturated carbocycles. The molecule has 0 spiro atoms. The van der Waals surface area contributed by atoms with Gasteiger partial charge in [0.15, 0.2) is 10.2 Å². The quantitative estimate of drug-likeness (QED) is 0.189. The number of amides is 1. The first kappa shape index (κ1) is 23.9. The van der Waals surface area contributed by atoms with Crippen molar-refractivity contribution in [2.24, 2.45) is 0 Å². The van der Waals surface area contributed by atoms with E-state index in [1.54, 1.807) is 12.1 Å². The minimum absolute atomic E-state index is 0.153. The highest BCUT2D eigenvalue weighted by Gasteiger charge is 2.09. The third-order valence-electron chi connectivity index (χ3n) is 4.66. The van der Waals surface area contributed by atoms with Crippen LogP contribution in [0.25, 0.3) is 11.3 Å². The van der Waals surface area contributed by atoms with E-state index in [2.05, 4.69) is 20.9 Å². The molecule has 4 aromatic rings. The standard InChI is InChI=1S/C25H21FN4OS3/c1-16-5-11-19(12-6-16)27-24(32)28-20-3-2-4-21(13-20)33-15-23(31)30-25-29-22(14-34-25)17-7-9-18(26)10-8-17/h2-14H,15H2,1H3,(H2,27,28,32)(H,29,30,31). The molecule has 0 saturated heterocycles. The number of carbonyl (C=O) groups excluding carboxylic acids is 1. The van der Waals surface area contributed by atoms with Gasteiger partial charge in [0.25, 0.3) is 0 Å². The number of nitrogens with zero attached hydrogens (tertiary/aromatic N) is 1. The summed E-state index contributed by atoms with van der Waals surface area (Å²) in [7, 11) is 0. The fraction of sp³-hybridized carbons (Fsp3) is 0.0800. The van der Waals surface area contributed by atoms with Gasteiger partial charge in [0, 0.05) is 27.2 Å². The smallest absolute Gasteiger partial charge is 0.236 e. The van der Waals surface area contributed by atoms with Crippen LogP contribution < -0.4 is 16.0 Å². The molecule has 0 bridgehead atoms. The minimum Gasteiger partial charge on any atom is -0.332 e. The van der Waals surface area contributed by atoms with Crippen molar-refractivity contribution >= 4 is 62.8 Å². The monoisotopic (exact) mass is 508 g/mol. The highest BCUT2D eigenvalue weighted by atomic mass is 32.2. The van der Waals surface area contributed by atoms with E-state index >= 15 is 0 Å². The van der Waals surface area contributed by atoms with Gasteiger partial charge in [0.2, 0.25) is 5.91 Å². The average Bonchev–Trinajstić information content (AvgIpc) is 3.28. The number of anilines is 3. The Bertz CT molecular complexity index is 1290. The lowest BCUT2D eigenvalue weighted by Crippen LogP contribution is -2.19. The molecule has 1 amide bonds. The molecule has 3 aromatic carbocycles. The molecule has 0 aliphatic rings. The van der Waals surface area contributed by atoms with E-state index < -0.39 is 0 Å². The Morgan fingerprint density at radius 2 is 1.74 bits per heavy atom. The van der Waals surface area contributed by atoms with E-state index in [0.717, 1.165) is 21.8 Å². The number of thioether (sulfide) groups is 1. The molecule has 5 nitrogen and oxygen atoms in total. The molecular weight excluding hydrogens is 488 g/mol. The van der Waals surface area contributed by atoms with Gasteiger partial charge in [-0.2, -0.15) is 0 Å². The molecule has 34 heavy (non-hydrogen) atoms. The first-order chi connectivity index (χ1) is 16.4.